The molecule has 5 heteroatoms. The van der Waals surface area contributed by atoms with Gasteiger partial charge in [-0.25, -0.2) is 8.78 Å². The lowest BCUT2D eigenvalue weighted by Crippen LogP contribution is -1.89. The molecule has 1 aromatic rings. The minimum Gasteiger partial charge on any atom is -0.288 e. The maximum absolute atomic E-state index is 13.4. The molecule has 0 spiro atoms. The Morgan fingerprint density at radius 1 is 1.47 bits per heavy atom. The molecule has 0 heterocycles. The number of rotatable bonds is 2. The van der Waals surface area contributed by atoms with Crippen molar-refractivity contribution in [2.75, 3.05) is 5.75 Å². The molecule has 0 bridgehead atoms. The van der Waals surface area contributed by atoms with Crippen molar-refractivity contribution >= 4 is 28.5 Å². The summed E-state index contributed by atoms with van der Waals surface area (Å²) in [6.45, 7) is 1.47. The van der Waals surface area contributed by atoms with Gasteiger partial charge in [-0.1, -0.05) is 35.2 Å². The van der Waals surface area contributed by atoms with Crippen LogP contribution in [-0.2, 0) is 4.79 Å². The zero-order valence-corrected chi connectivity index (χ0v) is 10.6. The fourth-order valence-electron chi connectivity index (χ4n) is 1.03. The summed E-state index contributed by atoms with van der Waals surface area (Å²) in [6, 6.07) is 2.31. The van der Waals surface area contributed by atoms with E-state index in [-0.39, 0.29) is 10.7 Å². The van der Waals surface area contributed by atoms with E-state index in [1.54, 1.807) is 0 Å². The van der Waals surface area contributed by atoms with Gasteiger partial charge in [0.2, 0.25) is 0 Å². The van der Waals surface area contributed by atoms with Crippen molar-refractivity contribution in [1.82, 2.24) is 0 Å². The van der Waals surface area contributed by atoms with Crippen molar-refractivity contribution in [3.8, 4) is 11.8 Å². The normalized spacial score (nSPS) is 9.65. The van der Waals surface area contributed by atoms with E-state index in [4.69, 9.17) is 11.6 Å². The molecule has 0 aliphatic rings. The lowest BCUT2D eigenvalue weighted by molar-refractivity contribution is -0.109. The van der Waals surface area contributed by atoms with Crippen LogP contribution in [0.3, 0.4) is 0 Å². The van der Waals surface area contributed by atoms with Crippen LogP contribution in [0.1, 0.15) is 18.9 Å². The van der Waals surface area contributed by atoms with E-state index in [9.17, 15) is 13.6 Å². The molecule has 17 heavy (non-hydrogen) atoms. The minimum absolute atomic E-state index is 0.0165. The van der Waals surface area contributed by atoms with Crippen LogP contribution >= 0.6 is 23.4 Å². The molecule has 0 amide bonds. The molecule has 0 atom stereocenters. The fraction of sp³-hybridized carbons (Fsp3) is 0.250. The highest BCUT2D eigenvalue weighted by Crippen LogP contribution is 2.21. The zero-order chi connectivity index (χ0) is 12.8. The van der Waals surface area contributed by atoms with Crippen LogP contribution < -0.4 is 0 Å². The second-order valence-electron chi connectivity index (χ2n) is 3.11. The largest absolute Gasteiger partial charge is 0.288 e. The number of carbonyl (C=O) groups excluding carboxylic acids is 1. The summed E-state index contributed by atoms with van der Waals surface area (Å²) >= 11 is 6.55. The molecule has 1 nitrogen and oxygen atoms in total. The van der Waals surface area contributed by atoms with E-state index in [0.29, 0.717) is 12.2 Å². The SMILES string of the molecule is CC(=O)SCCC#Cc1ccc(F)c(Cl)c1F. The van der Waals surface area contributed by atoms with Gasteiger partial charge < -0.3 is 0 Å². The average molecular weight is 275 g/mol. The van der Waals surface area contributed by atoms with E-state index >= 15 is 0 Å². The van der Waals surface area contributed by atoms with Gasteiger partial charge in [0.25, 0.3) is 0 Å². The maximum atomic E-state index is 13.4. The van der Waals surface area contributed by atoms with Gasteiger partial charge in [-0.3, -0.25) is 4.79 Å². The number of carbonyl (C=O) groups is 1. The van der Waals surface area contributed by atoms with Crippen molar-refractivity contribution in [2.45, 2.75) is 13.3 Å². The summed E-state index contributed by atoms with van der Waals surface area (Å²) in [4.78, 5) is 10.6. The smallest absolute Gasteiger partial charge is 0.185 e. The molecule has 90 valence electrons. The van der Waals surface area contributed by atoms with Crippen LogP contribution in [0.5, 0.6) is 0 Å². The maximum Gasteiger partial charge on any atom is 0.185 e. The predicted molar refractivity (Wildman–Crippen MR) is 66.0 cm³/mol. The third-order valence-corrected chi connectivity index (χ3v) is 2.95. The van der Waals surface area contributed by atoms with E-state index in [2.05, 4.69) is 11.8 Å². The Labute approximate surface area is 108 Å². The van der Waals surface area contributed by atoms with Crippen molar-refractivity contribution < 1.29 is 13.6 Å². The molecule has 1 rings (SSSR count). The van der Waals surface area contributed by atoms with Gasteiger partial charge in [-0.05, 0) is 12.1 Å². The molecule has 0 radical (unpaired) electrons. The zero-order valence-electron chi connectivity index (χ0n) is 9.02. The molecule has 0 fully saturated rings. The van der Waals surface area contributed by atoms with Crippen LogP contribution in [0.25, 0.3) is 0 Å². The molecule has 1 aromatic carbocycles. The molecule has 0 aliphatic heterocycles. The first-order valence-corrected chi connectivity index (χ1v) is 6.14. The Morgan fingerprint density at radius 2 is 2.18 bits per heavy atom. The first-order valence-electron chi connectivity index (χ1n) is 4.78. The summed E-state index contributed by atoms with van der Waals surface area (Å²) in [5, 5.41) is -0.530. The molecular weight excluding hydrogens is 266 g/mol. The molecule has 0 saturated heterocycles. The Bertz CT molecular complexity index is 491. The predicted octanol–water partition coefficient (Wildman–Crippen LogP) is 3.64. The van der Waals surface area contributed by atoms with Crippen LogP contribution in [0, 0.1) is 23.5 Å². The Morgan fingerprint density at radius 3 is 2.82 bits per heavy atom. The molecule has 0 aliphatic carbocycles. The Kier molecular flexibility index (Phi) is 5.46. The van der Waals surface area contributed by atoms with Gasteiger partial charge in [0.15, 0.2) is 10.9 Å². The molecule has 0 unspecified atom stereocenters. The number of halogens is 3. The average Bonchev–Trinajstić information content (AvgIpc) is 2.28. The standard InChI is InChI=1S/C12H9ClF2OS/c1-8(16)17-7-3-2-4-9-5-6-10(14)11(13)12(9)15/h5-6H,3,7H2,1H3. The second-order valence-corrected chi connectivity index (χ2v) is 4.76. The van der Waals surface area contributed by atoms with Crippen molar-refractivity contribution in [3.63, 3.8) is 0 Å². The number of hydrogen-bond donors (Lipinski definition) is 0. The minimum atomic E-state index is -0.849. The Hall–Kier alpha value is -1.05. The molecule has 0 saturated carbocycles. The van der Waals surface area contributed by atoms with Crippen LogP contribution in [-0.4, -0.2) is 10.9 Å². The van der Waals surface area contributed by atoms with Crippen LogP contribution in [0.15, 0.2) is 12.1 Å². The lowest BCUT2D eigenvalue weighted by atomic mass is 10.2. The van der Waals surface area contributed by atoms with E-state index in [1.165, 1.54) is 13.0 Å². The summed E-state index contributed by atoms with van der Waals surface area (Å²) < 4.78 is 26.2. The second kappa shape index (κ2) is 6.63. The summed E-state index contributed by atoms with van der Waals surface area (Å²) in [5.41, 5.74) is 0.0595. The number of hydrogen-bond acceptors (Lipinski definition) is 2. The van der Waals surface area contributed by atoms with Gasteiger partial charge >= 0.3 is 0 Å². The highest BCUT2D eigenvalue weighted by molar-refractivity contribution is 8.13. The molecule has 0 N–H and O–H groups in total. The summed E-state index contributed by atoms with van der Waals surface area (Å²) in [5.74, 6) is 4.16. The molecular formula is C12H9ClF2OS. The lowest BCUT2D eigenvalue weighted by Gasteiger charge is -1.98. The van der Waals surface area contributed by atoms with E-state index in [1.807, 2.05) is 0 Å². The van der Waals surface area contributed by atoms with Gasteiger partial charge in [-0.15, -0.1) is 0 Å². The first-order chi connectivity index (χ1) is 8.02. The Balaban J connectivity index is 2.66. The fourth-order valence-corrected chi connectivity index (χ4v) is 1.68. The molecule has 0 aromatic heterocycles. The van der Waals surface area contributed by atoms with E-state index < -0.39 is 16.7 Å². The van der Waals surface area contributed by atoms with Crippen molar-refractivity contribution in [3.05, 3.63) is 34.4 Å². The highest BCUT2D eigenvalue weighted by Gasteiger charge is 2.09. The quantitative estimate of drug-likeness (QED) is 0.465. The third-order valence-electron chi connectivity index (χ3n) is 1.79. The van der Waals surface area contributed by atoms with Gasteiger partial charge in [0, 0.05) is 19.1 Å². The van der Waals surface area contributed by atoms with Gasteiger partial charge in [-0.2, -0.15) is 0 Å². The van der Waals surface area contributed by atoms with Gasteiger partial charge in [0.05, 0.1) is 5.56 Å². The monoisotopic (exact) mass is 274 g/mol. The van der Waals surface area contributed by atoms with Crippen LogP contribution in [0.2, 0.25) is 5.02 Å². The highest BCUT2D eigenvalue weighted by atomic mass is 35.5. The number of thioether (sulfide) groups is 1. The van der Waals surface area contributed by atoms with Gasteiger partial charge in [0.1, 0.15) is 10.8 Å². The first kappa shape index (κ1) is 14.0. The topological polar surface area (TPSA) is 17.1 Å². The van der Waals surface area contributed by atoms with Crippen molar-refractivity contribution in [1.29, 1.82) is 0 Å². The van der Waals surface area contributed by atoms with Crippen LogP contribution in [0.4, 0.5) is 8.78 Å². The van der Waals surface area contributed by atoms with Crippen molar-refractivity contribution in [2.24, 2.45) is 0 Å². The number of benzene rings is 1. The van der Waals surface area contributed by atoms with E-state index in [0.717, 1.165) is 17.8 Å². The summed E-state index contributed by atoms with van der Waals surface area (Å²) in [6.07, 6.45) is 0.457. The summed E-state index contributed by atoms with van der Waals surface area (Å²) in [7, 11) is 0. The third kappa shape index (κ3) is 4.37.